The van der Waals surface area contributed by atoms with Gasteiger partial charge in [0.2, 0.25) is 0 Å². The molecular formula is C11H14ClN3O. The van der Waals surface area contributed by atoms with E-state index in [2.05, 4.69) is 9.97 Å². The number of amides is 1. The van der Waals surface area contributed by atoms with E-state index in [1.807, 2.05) is 4.90 Å². The number of carbonyl (C=O) groups excluding carboxylic acids is 1. The second-order valence-corrected chi connectivity index (χ2v) is 4.32. The molecule has 0 bridgehead atoms. The molecule has 16 heavy (non-hydrogen) atoms. The molecule has 1 saturated heterocycles. The largest absolute Gasteiger partial charge is 0.337 e. The molecule has 0 unspecified atom stereocenters. The van der Waals surface area contributed by atoms with Crippen molar-refractivity contribution in [2.24, 2.45) is 0 Å². The first-order chi connectivity index (χ1) is 7.77. The lowest BCUT2D eigenvalue weighted by atomic mass is 10.2. The fraction of sp³-hybridized carbons (Fsp3) is 0.545. The fourth-order valence-electron chi connectivity index (χ4n) is 1.88. The van der Waals surface area contributed by atoms with E-state index in [1.165, 1.54) is 25.2 Å². The predicted molar refractivity (Wildman–Crippen MR) is 61.4 cm³/mol. The summed E-state index contributed by atoms with van der Waals surface area (Å²) in [4.78, 5) is 21.8. The number of likely N-dealkylation sites (tertiary alicyclic amines) is 1. The van der Waals surface area contributed by atoms with E-state index in [-0.39, 0.29) is 11.1 Å². The lowest BCUT2D eigenvalue weighted by Crippen LogP contribution is -2.32. The van der Waals surface area contributed by atoms with Crippen LogP contribution in [0.4, 0.5) is 0 Å². The number of rotatable bonds is 1. The minimum absolute atomic E-state index is 0.0584. The van der Waals surface area contributed by atoms with Crippen molar-refractivity contribution >= 4 is 17.5 Å². The van der Waals surface area contributed by atoms with Crippen molar-refractivity contribution < 1.29 is 4.79 Å². The maximum atomic E-state index is 12.1. The van der Waals surface area contributed by atoms with Gasteiger partial charge in [-0.15, -0.1) is 0 Å². The molecule has 86 valence electrons. The SMILES string of the molecule is O=C(c1cncc(Cl)n1)N1CCCCCC1. The Morgan fingerprint density at radius 3 is 2.50 bits per heavy atom. The molecule has 0 atom stereocenters. The van der Waals surface area contributed by atoms with Gasteiger partial charge in [-0.1, -0.05) is 24.4 Å². The highest BCUT2D eigenvalue weighted by Gasteiger charge is 2.18. The monoisotopic (exact) mass is 239 g/mol. The number of carbonyl (C=O) groups is 1. The first-order valence-corrected chi connectivity index (χ1v) is 5.92. The minimum Gasteiger partial charge on any atom is -0.337 e. The van der Waals surface area contributed by atoms with E-state index in [0.29, 0.717) is 5.69 Å². The van der Waals surface area contributed by atoms with Crippen LogP contribution in [0.1, 0.15) is 36.2 Å². The molecular weight excluding hydrogens is 226 g/mol. The Morgan fingerprint density at radius 2 is 1.88 bits per heavy atom. The molecule has 0 aliphatic carbocycles. The zero-order chi connectivity index (χ0) is 11.4. The molecule has 0 saturated carbocycles. The predicted octanol–water partition coefficient (Wildman–Crippen LogP) is 2.15. The molecule has 5 heteroatoms. The van der Waals surface area contributed by atoms with E-state index in [1.54, 1.807) is 0 Å². The lowest BCUT2D eigenvalue weighted by molar-refractivity contribution is 0.0755. The molecule has 1 aliphatic heterocycles. The molecule has 0 spiro atoms. The van der Waals surface area contributed by atoms with Gasteiger partial charge in [-0.05, 0) is 12.8 Å². The van der Waals surface area contributed by atoms with Crippen LogP contribution in [-0.4, -0.2) is 33.9 Å². The van der Waals surface area contributed by atoms with Crippen molar-refractivity contribution in [3.8, 4) is 0 Å². The molecule has 4 nitrogen and oxygen atoms in total. The number of nitrogens with zero attached hydrogens (tertiary/aromatic N) is 3. The standard InChI is InChI=1S/C11H14ClN3O/c12-10-8-13-7-9(14-10)11(16)15-5-3-1-2-4-6-15/h7-8H,1-6H2. The molecule has 1 amide bonds. The highest BCUT2D eigenvalue weighted by Crippen LogP contribution is 2.12. The summed E-state index contributed by atoms with van der Waals surface area (Å²) in [5.41, 5.74) is 0.342. The average Bonchev–Trinajstić information content (AvgIpc) is 2.56. The van der Waals surface area contributed by atoms with Crippen molar-refractivity contribution in [1.82, 2.24) is 14.9 Å². The summed E-state index contributed by atoms with van der Waals surface area (Å²) in [6.07, 6.45) is 7.44. The van der Waals surface area contributed by atoms with Crippen LogP contribution in [0.3, 0.4) is 0 Å². The van der Waals surface area contributed by atoms with Gasteiger partial charge < -0.3 is 4.90 Å². The van der Waals surface area contributed by atoms with Crippen LogP contribution in [0.2, 0.25) is 5.15 Å². The van der Waals surface area contributed by atoms with Crippen LogP contribution in [0.25, 0.3) is 0 Å². The minimum atomic E-state index is -0.0584. The molecule has 1 aliphatic rings. The summed E-state index contributed by atoms with van der Waals surface area (Å²) >= 11 is 5.72. The first kappa shape index (κ1) is 11.3. The molecule has 0 aromatic carbocycles. The Kier molecular flexibility index (Phi) is 3.72. The molecule has 0 radical (unpaired) electrons. The van der Waals surface area contributed by atoms with Crippen LogP contribution >= 0.6 is 11.6 Å². The van der Waals surface area contributed by atoms with E-state index in [0.717, 1.165) is 25.9 Å². The number of hydrogen-bond acceptors (Lipinski definition) is 3. The van der Waals surface area contributed by atoms with Crippen LogP contribution in [0.5, 0.6) is 0 Å². The fourth-order valence-corrected chi connectivity index (χ4v) is 2.03. The summed E-state index contributed by atoms with van der Waals surface area (Å²) in [5, 5.41) is 0.265. The van der Waals surface area contributed by atoms with Crippen molar-refractivity contribution in [3.63, 3.8) is 0 Å². The van der Waals surface area contributed by atoms with Gasteiger partial charge in [0.25, 0.3) is 5.91 Å². The maximum absolute atomic E-state index is 12.1. The second-order valence-electron chi connectivity index (χ2n) is 3.93. The Balaban J connectivity index is 2.11. The summed E-state index contributed by atoms with van der Waals surface area (Å²) in [6, 6.07) is 0. The van der Waals surface area contributed by atoms with Gasteiger partial charge in [0, 0.05) is 13.1 Å². The Labute approximate surface area is 99.6 Å². The molecule has 0 N–H and O–H groups in total. The van der Waals surface area contributed by atoms with Crippen molar-refractivity contribution in [3.05, 3.63) is 23.2 Å². The van der Waals surface area contributed by atoms with E-state index in [9.17, 15) is 4.79 Å². The quantitative estimate of drug-likeness (QED) is 0.754. The van der Waals surface area contributed by atoms with Crippen molar-refractivity contribution in [2.45, 2.75) is 25.7 Å². The van der Waals surface area contributed by atoms with Crippen LogP contribution in [-0.2, 0) is 0 Å². The van der Waals surface area contributed by atoms with E-state index in [4.69, 9.17) is 11.6 Å². The van der Waals surface area contributed by atoms with E-state index >= 15 is 0 Å². The summed E-state index contributed by atoms with van der Waals surface area (Å²) < 4.78 is 0. The number of halogens is 1. The molecule has 1 aromatic heterocycles. The summed E-state index contributed by atoms with van der Waals surface area (Å²) in [6.45, 7) is 1.63. The van der Waals surface area contributed by atoms with Crippen LogP contribution in [0.15, 0.2) is 12.4 Å². The van der Waals surface area contributed by atoms with Gasteiger partial charge in [0.1, 0.15) is 10.8 Å². The molecule has 2 heterocycles. The topological polar surface area (TPSA) is 46.1 Å². The lowest BCUT2D eigenvalue weighted by Gasteiger charge is -2.19. The molecule has 1 aromatic rings. The zero-order valence-corrected chi connectivity index (χ0v) is 9.78. The summed E-state index contributed by atoms with van der Waals surface area (Å²) in [7, 11) is 0. The Bertz CT molecular complexity index is 375. The molecule has 2 rings (SSSR count). The van der Waals surface area contributed by atoms with Gasteiger partial charge in [0.05, 0.1) is 12.4 Å². The van der Waals surface area contributed by atoms with Crippen LogP contribution in [0, 0.1) is 0 Å². The third-order valence-corrected chi connectivity index (χ3v) is 2.90. The molecule has 1 fully saturated rings. The number of aromatic nitrogens is 2. The smallest absolute Gasteiger partial charge is 0.274 e. The Hall–Kier alpha value is -1.16. The Morgan fingerprint density at radius 1 is 1.19 bits per heavy atom. The van der Waals surface area contributed by atoms with Crippen LogP contribution < -0.4 is 0 Å². The maximum Gasteiger partial charge on any atom is 0.274 e. The highest BCUT2D eigenvalue weighted by atomic mass is 35.5. The number of hydrogen-bond donors (Lipinski definition) is 0. The van der Waals surface area contributed by atoms with E-state index < -0.39 is 0 Å². The van der Waals surface area contributed by atoms with Crippen molar-refractivity contribution in [2.75, 3.05) is 13.1 Å². The van der Waals surface area contributed by atoms with Gasteiger partial charge in [-0.25, -0.2) is 4.98 Å². The zero-order valence-electron chi connectivity index (χ0n) is 9.03. The third-order valence-electron chi connectivity index (χ3n) is 2.72. The summed E-state index contributed by atoms with van der Waals surface area (Å²) in [5.74, 6) is -0.0584. The van der Waals surface area contributed by atoms with Gasteiger partial charge in [-0.3, -0.25) is 9.78 Å². The van der Waals surface area contributed by atoms with Crippen molar-refractivity contribution in [1.29, 1.82) is 0 Å². The second kappa shape index (κ2) is 5.25. The van der Waals surface area contributed by atoms with Gasteiger partial charge >= 0.3 is 0 Å². The van der Waals surface area contributed by atoms with Gasteiger partial charge in [-0.2, -0.15) is 0 Å². The third kappa shape index (κ3) is 2.70. The first-order valence-electron chi connectivity index (χ1n) is 5.54. The average molecular weight is 240 g/mol. The van der Waals surface area contributed by atoms with Gasteiger partial charge in [0.15, 0.2) is 0 Å². The normalized spacial score (nSPS) is 16.9. The highest BCUT2D eigenvalue weighted by molar-refractivity contribution is 6.29.